The smallest absolute Gasteiger partial charge is 0.354 e. The SMILES string of the molecule is CCC(C)N1CCN(c2ccnc(C(=O)O)c2)CC1. The van der Waals surface area contributed by atoms with Crippen LogP contribution in [0.2, 0.25) is 0 Å². The summed E-state index contributed by atoms with van der Waals surface area (Å²) >= 11 is 0. The van der Waals surface area contributed by atoms with Crippen LogP contribution in [0.25, 0.3) is 0 Å². The summed E-state index contributed by atoms with van der Waals surface area (Å²) in [5.41, 5.74) is 1.07. The van der Waals surface area contributed by atoms with Gasteiger partial charge in [-0.15, -0.1) is 0 Å². The average molecular weight is 263 g/mol. The zero-order chi connectivity index (χ0) is 13.8. The maximum absolute atomic E-state index is 10.9. The lowest BCUT2D eigenvalue weighted by Crippen LogP contribution is -2.49. The fourth-order valence-electron chi connectivity index (χ4n) is 2.41. The first-order chi connectivity index (χ1) is 9.11. The zero-order valence-corrected chi connectivity index (χ0v) is 11.5. The van der Waals surface area contributed by atoms with E-state index in [4.69, 9.17) is 5.11 Å². The Kier molecular flexibility index (Phi) is 4.37. The molecule has 1 atom stereocenters. The third-order valence-corrected chi connectivity index (χ3v) is 3.86. The monoisotopic (exact) mass is 263 g/mol. The molecule has 0 aliphatic carbocycles. The normalized spacial score (nSPS) is 18.3. The minimum atomic E-state index is -0.972. The van der Waals surface area contributed by atoms with E-state index >= 15 is 0 Å². The second-order valence-electron chi connectivity index (χ2n) is 4.98. The third kappa shape index (κ3) is 3.23. The van der Waals surface area contributed by atoms with Crippen molar-refractivity contribution in [3.05, 3.63) is 24.0 Å². The lowest BCUT2D eigenvalue weighted by atomic mass is 10.2. The third-order valence-electron chi connectivity index (χ3n) is 3.86. The number of carboxylic acid groups (broad SMARTS) is 1. The molecule has 1 aromatic rings. The van der Waals surface area contributed by atoms with Crippen LogP contribution in [-0.4, -0.2) is 53.2 Å². The summed E-state index contributed by atoms with van der Waals surface area (Å²) in [5.74, 6) is -0.972. The maximum Gasteiger partial charge on any atom is 0.354 e. The Bertz CT molecular complexity index is 442. The summed E-state index contributed by atoms with van der Waals surface area (Å²) in [7, 11) is 0. The van der Waals surface area contributed by atoms with Gasteiger partial charge in [-0.1, -0.05) is 6.92 Å². The average Bonchev–Trinajstić information content (AvgIpc) is 2.46. The van der Waals surface area contributed by atoms with Gasteiger partial charge in [0.15, 0.2) is 0 Å². The molecule has 2 heterocycles. The van der Waals surface area contributed by atoms with Crippen molar-refractivity contribution in [3.63, 3.8) is 0 Å². The first-order valence-electron chi connectivity index (χ1n) is 6.80. The van der Waals surface area contributed by atoms with Gasteiger partial charge in [0.2, 0.25) is 0 Å². The van der Waals surface area contributed by atoms with Crippen LogP contribution in [0.1, 0.15) is 30.8 Å². The largest absolute Gasteiger partial charge is 0.477 e. The van der Waals surface area contributed by atoms with Crippen molar-refractivity contribution in [2.45, 2.75) is 26.3 Å². The van der Waals surface area contributed by atoms with Gasteiger partial charge in [0, 0.05) is 44.1 Å². The Morgan fingerprint density at radius 3 is 2.68 bits per heavy atom. The summed E-state index contributed by atoms with van der Waals surface area (Å²) in [4.78, 5) is 19.5. The molecule has 1 aromatic heterocycles. The van der Waals surface area contributed by atoms with Crippen LogP contribution in [0.15, 0.2) is 18.3 Å². The number of aromatic nitrogens is 1. The minimum Gasteiger partial charge on any atom is -0.477 e. The number of aromatic carboxylic acids is 1. The van der Waals surface area contributed by atoms with Crippen LogP contribution < -0.4 is 4.90 Å². The topological polar surface area (TPSA) is 56.7 Å². The second-order valence-corrected chi connectivity index (χ2v) is 4.98. The number of pyridine rings is 1. The Hall–Kier alpha value is -1.62. The molecule has 1 aliphatic heterocycles. The van der Waals surface area contributed by atoms with Gasteiger partial charge < -0.3 is 10.0 Å². The summed E-state index contributed by atoms with van der Waals surface area (Å²) in [5, 5.41) is 8.97. The zero-order valence-electron chi connectivity index (χ0n) is 11.5. The van der Waals surface area contributed by atoms with Gasteiger partial charge in [0.25, 0.3) is 0 Å². The van der Waals surface area contributed by atoms with Crippen molar-refractivity contribution < 1.29 is 9.90 Å². The number of carboxylic acids is 1. The Morgan fingerprint density at radius 1 is 1.42 bits per heavy atom. The molecular weight excluding hydrogens is 242 g/mol. The first kappa shape index (κ1) is 13.8. The van der Waals surface area contributed by atoms with Gasteiger partial charge in [0.05, 0.1) is 0 Å². The molecular formula is C14H21N3O2. The molecule has 1 N–H and O–H groups in total. The number of hydrogen-bond donors (Lipinski definition) is 1. The number of nitrogens with zero attached hydrogens (tertiary/aromatic N) is 3. The van der Waals surface area contributed by atoms with Crippen molar-refractivity contribution in [3.8, 4) is 0 Å². The predicted octanol–water partition coefficient (Wildman–Crippen LogP) is 1.70. The Labute approximate surface area is 113 Å². The quantitative estimate of drug-likeness (QED) is 0.896. The molecule has 0 saturated carbocycles. The van der Waals surface area contributed by atoms with E-state index in [1.165, 1.54) is 6.42 Å². The molecule has 0 aromatic carbocycles. The van der Waals surface area contributed by atoms with Crippen LogP contribution in [0.4, 0.5) is 5.69 Å². The molecule has 2 rings (SSSR count). The highest BCUT2D eigenvalue weighted by atomic mass is 16.4. The summed E-state index contributed by atoms with van der Waals surface area (Å²) in [6.45, 7) is 8.39. The van der Waals surface area contributed by atoms with E-state index in [-0.39, 0.29) is 5.69 Å². The highest BCUT2D eigenvalue weighted by Gasteiger charge is 2.20. The molecule has 1 aliphatic rings. The van der Waals surface area contributed by atoms with E-state index in [2.05, 4.69) is 28.6 Å². The number of carbonyl (C=O) groups is 1. The van der Waals surface area contributed by atoms with Crippen LogP contribution in [-0.2, 0) is 0 Å². The molecule has 0 amide bonds. The van der Waals surface area contributed by atoms with E-state index in [0.717, 1.165) is 31.9 Å². The molecule has 0 bridgehead atoms. The molecule has 1 fully saturated rings. The molecule has 1 unspecified atom stereocenters. The number of hydrogen-bond acceptors (Lipinski definition) is 4. The van der Waals surface area contributed by atoms with E-state index < -0.39 is 5.97 Å². The van der Waals surface area contributed by atoms with Crippen LogP contribution in [0.3, 0.4) is 0 Å². The highest BCUT2D eigenvalue weighted by Crippen LogP contribution is 2.18. The Morgan fingerprint density at radius 2 is 2.11 bits per heavy atom. The molecule has 19 heavy (non-hydrogen) atoms. The van der Waals surface area contributed by atoms with Gasteiger partial charge >= 0.3 is 5.97 Å². The molecule has 5 heteroatoms. The standard InChI is InChI=1S/C14H21N3O2/c1-3-11(2)16-6-8-17(9-7-16)12-4-5-15-13(10-12)14(18)19/h4-5,10-11H,3,6-9H2,1-2H3,(H,18,19). The van der Waals surface area contributed by atoms with Crippen molar-refractivity contribution >= 4 is 11.7 Å². The molecule has 0 radical (unpaired) electrons. The van der Waals surface area contributed by atoms with Gasteiger partial charge in [-0.3, -0.25) is 4.90 Å². The number of piperazine rings is 1. The van der Waals surface area contributed by atoms with Gasteiger partial charge in [-0.2, -0.15) is 0 Å². The maximum atomic E-state index is 10.9. The van der Waals surface area contributed by atoms with E-state index in [1.54, 1.807) is 12.3 Å². The van der Waals surface area contributed by atoms with Gasteiger partial charge in [-0.25, -0.2) is 9.78 Å². The van der Waals surface area contributed by atoms with Gasteiger partial charge in [0.1, 0.15) is 5.69 Å². The van der Waals surface area contributed by atoms with Gasteiger partial charge in [-0.05, 0) is 25.5 Å². The lowest BCUT2D eigenvalue weighted by molar-refractivity contribution is 0.0690. The molecule has 0 spiro atoms. The van der Waals surface area contributed by atoms with Crippen molar-refractivity contribution in [2.75, 3.05) is 31.1 Å². The van der Waals surface area contributed by atoms with Crippen LogP contribution in [0, 0.1) is 0 Å². The summed E-state index contributed by atoms with van der Waals surface area (Å²) in [6, 6.07) is 4.15. The van der Waals surface area contributed by atoms with Crippen LogP contribution in [0.5, 0.6) is 0 Å². The summed E-state index contributed by atoms with van der Waals surface area (Å²) < 4.78 is 0. The summed E-state index contributed by atoms with van der Waals surface area (Å²) in [6.07, 6.45) is 2.73. The number of rotatable bonds is 4. The van der Waals surface area contributed by atoms with Crippen molar-refractivity contribution in [1.29, 1.82) is 0 Å². The second kappa shape index (κ2) is 6.02. The van der Waals surface area contributed by atoms with Crippen molar-refractivity contribution in [1.82, 2.24) is 9.88 Å². The first-order valence-corrected chi connectivity index (χ1v) is 6.80. The molecule has 5 nitrogen and oxygen atoms in total. The van der Waals surface area contributed by atoms with E-state index in [9.17, 15) is 4.79 Å². The lowest BCUT2D eigenvalue weighted by Gasteiger charge is -2.38. The van der Waals surface area contributed by atoms with Crippen LogP contribution >= 0.6 is 0 Å². The fourth-order valence-corrected chi connectivity index (χ4v) is 2.41. The number of anilines is 1. The van der Waals surface area contributed by atoms with E-state index in [1.807, 2.05) is 6.07 Å². The highest BCUT2D eigenvalue weighted by molar-refractivity contribution is 5.86. The predicted molar refractivity (Wildman–Crippen MR) is 74.7 cm³/mol. The fraction of sp³-hybridized carbons (Fsp3) is 0.571. The molecule has 104 valence electrons. The van der Waals surface area contributed by atoms with Crippen molar-refractivity contribution in [2.24, 2.45) is 0 Å². The molecule has 1 saturated heterocycles. The van der Waals surface area contributed by atoms with E-state index in [0.29, 0.717) is 6.04 Å². The minimum absolute atomic E-state index is 0.113. The Balaban J connectivity index is 2.01.